The van der Waals surface area contributed by atoms with E-state index in [1.807, 2.05) is 24.5 Å². The molecule has 2 N–H and O–H groups in total. The summed E-state index contributed by atoms with van der Waals surface area (Å²) in [7, 11) is 1.87. The Morgan fingerprint density at radius 1 is 1.16 bits per heavy atom. The van der Waals surface area contributed by atoms with Crippen LogP contribution in [0.1, 0.15) is 28.1 Å². The molecule has 0 spiro atoms. The Balaban J connectivity index is 2.10. The van der Waals surface area contributed by atoms with Gasteiger partial charge < -0.3 is 10.6 Å². The van der Waals surface area contributed by atoms with E-state index in [9.17, 15) is 0 Å². The molecule has 0 aromatic carbocycles. The van der Waals surface area contributed by atoms with Crippen LogP contribution < -0.4 is 10.6 Å². The normalized spacial score (nSPS) is 10.5. The minimum absolute atomic E-state index is 0.808. The first-order valence-corrected chi connectivity index (χ1v) is 7.29. The van der Waals surface area contributed by atoms with Crippen molar-refractivity contribution in [2.45, 2.75) is 33.7 Å². The van der Waals surface area contributed by atoms with Crippen LogP contribution in [0.15, 0.2) is 12.1 Å². The highest BCUT2D eigenvalue weighted by atomic mass is 32.1. The maximum absolute atomic E-state index is 4.49. The van der Waals surface area contributed by atoms with E-state index < -0.39 is 0 Å². The Labute approximate surface area is 118 Å². The minimum atomic E-state index is 0.808. The predicted molar refractivity (Wildman–Crippen MR) is 82.1 cm³/mol. The molecule has 5 heteroatoms. The number of anilines is 2. The van der Waals surface area contributed by atoms with Gasteiger partial charge in [-0.2, -0.15) is 0 Å². The minimum Gasteiger partial charge on any atom is -0.373 e. The lowest BCUT2D eigenvalue weighted by Crippen LogP contribution is -2.05. The lowest BCUT2D eigenvalue weighted by molar-refractivity contribution is 0.935. The maximum Gasteiger partial charge on any atom is 0.132 e. The summed E-state index contributed by atoms with van der Waals surface area (Å²) in [5.41, 5.74) is 1.36. The second-order valence-corrected chi connectivity index (χ2v) is 5.80. The van der Waals surface area contributed by atoms with Gasteiger partial charge in [0.15, 0.2) is 0 Å². The number of hydrogen-bond donors (Lipinski definition) is 2. The Morgan fingerprint density at radius 2 is 1.89 bits per heavy atom. The number of rotatable bonds is 5. The van der Waals surface area contributed by atoms with Crippen LogP contribution in [0.4, 0.5) is 11.6 Å². The third-order valence-corrected chi connectivity index (χ3v) is 4.16. The molecule has 0 amide bonds. The van der Waals surface area contributed by atoms with Crippen LogP contribution >= 0.6 is 11.3 Å². The Bertz CT molecular complexity index is 521. The SMILES string of the molecule is CCc1nc(NC)cc(NCc2cc(C)c(C)s2)n1. The highest BCUT2D eigenvalue weighted by molar-refractivity contribution is 7.12. The smallest absolute Gasteiger partial charge is 0.132 e. The summed E-state index contributed by atoms with van der Waals surface area (Å²) < 4.78 is 0. The third kappa shape index (κ3) is 3.44. The van der Waals surface area contributed by atoms with E-state index in [2.05, 4.69) is 47.4 Å². The molecule has 2 heterocycles. The van der Waals surface area contributed by atoms with Crippen LogP contribution in [0.5, 0.6) is 0 Å². The largest absolute Gasteiger partial charge is 0.373 e. The first-order valence-electron chi connectivity index (χ1n) is 6.48. The van der Waals surface area contributed by atoms with Crippen molar-refractivity contribution < 1.29 is 0 Å². The van der Waals surface area contributed by atoms with Gasteiger partial charge in [0.1, 0.15) is 17.5 Å². The van der Waals surface area contributed by atoms with Gasteiger partial charge in [0.05, 0.1) is 6.54 Å². The van der Waals surface area contributed by atoms with Crippen molar-refractivity contribution in [1.82, 2.24) is 9.97 Å². The van der Waals surface area contributed by atoms with E-state index in [1.165, 1.54) is 15.3 Å². The summed E-state index contributed by atoms with van der Waals surface area (Å²) in [4.78, 5) is 11.6. The summed E-state index contributed by atoms with van der Waals surface area (Å²) in [6.45, 7) is 7.17. The molecule has 0 saturated carbocycles. The quantitative estimate of drug-likeness (QED) is 0.879. The van der Waals surface area contributed by atoms with Gasteiger partial charge in [0.25, 0.3) is 0 Å². The summed E-state index contributed by atoms with van der Waals surface area (Å²) in [6.07, 6.45) is 0.835. The molecule has 2 rings (SSSR count). The Hall–Kier alpha value is -1.62. The molecule has 0 fully saturated rings. The summed E-state index contributed by atoms with van der Waals surface area (Å²) >= 11 is 1.83. The fourth-order valence-electron chi connectivity index (χ4n) is 1.79. The highest BCUT2D eigenvalue weighted by Gasteiger charge is 2.04. The Morgan fingerprint density at radius 3 is 2.47 bits per heavy atom. The van der Waals surface area contributed by atoms with Crippen molar-refractivity contribution in [2.24, 2.45) is 0 Å². The fraction of sp³-hybridized carbons (Fsp3) is 0.429. The van der Waals surface area contributed by atoms with Crippen LogP contribution in [0.25, 0.3) is 0 Å². The van der Waals surface area contributed by atoms with Crippen molar-refractivity contribution >= 4 is 23.0 Å². The lowest BCUT2D eigenvalue weighted by Gasteiger charge is -2.08. The van der Waals surface area contributed by atoms with Crippen LogP contribution in [0.3, 0.4) is 0 Å². The molecule has 19 heavy (non-hydrogen) atoms. The van der Waals surface area contributed by atoms with E-state index in [0.29, 0.717) is 0 Å². The zero-order valence-corrected chi connectivity index (χ0v) is 12.7. The monoisotopic (exact) mass is 276 g/mol. The van der Waals surface area contributed by atoms with Gasteiger partial charge in [-0.25, -0.2) is 9.97 Å². The topological polar surface area (TPSA) is 49.8 Å². The van der Waals surface area contributed by atoms with Crippen molar-refractivity contribution in [1.29, 1.82) is 0 Å². The lowest BCUT2D eigenvalue weighted by atomic mass is 10.3. The highest BCUT2D eigenvalue weighted by Crippen LogP contribution is 2.21. The van der Waals surface area contributed by atoms with Gasteiger partial charge in [-0.1, -0.05) is 6.92 Å². The Kier molecular flexibility index (Phi) is 4.37. The maximum atomic E-state index is 4.49. The summed E-state index contributed by atoms with van der Waals surface area (Å²) in [6, 6.07) is 4.17. The van der Waals surface area contributed by atoms with Gasteiger partial charge >= 0.3 is 0 Å². The molecule has 0 radical (unpaired) electrons. The molecule has 0 saturated heterocycles. The van der Waals surface area contributed by atoms with Gasteiger partial charge in [-0.15, -0.1) is 11.3 Å². The summed E-state index contributed by atoms with van der Waals surface area (Å²) in [5, 5.41) is 6.44. The molecule has 0 atom stereocenters. The van der Waals surface area contributed by atoms with Crippen LogP contribution in [-0.4, -0.2) is 17.0 Å². The van der Waals surface area contributed by atoms with Gasteiger partial charge in [-0.05, 0) is 25.5 Å². The van der Waals surface area contributed by atoms with Gasteiger partial charge in [0.2, 0.25) is 0 Å². The number of nitrogens with one attached hydrogen (secondary N) is 2. The second kappa shape index (κ2) is 6.02. The molecular weight excluding hydrogens is 256 g/mol. The number of nitrogens with zero attached hydrogens (tertiary/aromatic N) is 2. The zero-order chi connectivity index (χ0) is 13.8. The average molecular weight is 276 g/mol. The van der Waals surface area contributed by atoms with Gasteiger partial charge in [-0.3, -0.25) is 0 Å². The molecule has 0 aliphatic heterocycles. The molecule has 4 nitrogen and oxygen atoms in total. The van der Waals surface area contributed by atoms with Crippen LogP contribution in [-0.2, 0) is 13.0 Å². The van der Waals surface area contributed by atoms with Gasteiger partial charge in [0, 0.05) is 29.3 Å². The summed E-state index contributed by atoms with van der Waals surface area (Å²) in [5.74, 6) is 2.58. The predicted octanol–water partition coefficient (Wildman–Crippen LogP) is 3.37. The number of thiophene rings is 1. The van der Waals surface area contributed by atoms with E-state index in [-0.39, 0.29) is 0 Å². The van der Waals surface area contributed by atoms with E-state index in [1.54, 1.807) is 0 Å². The van der Waals surface area contributed by atoms with E-state index in [4.69, 9.17) is 0 Å². The zero-order valence-electron chi connectivity index (χ0n) is 11.9. The number of aromatic nitrogens is 2. The van der Waals surface area contributed by atoms with Crippen molar-refractivity contribution in [3.8, 4) is 0 Å². The molecule has 102 valence electrons. The molecule has 0 aliphatic carbocycles. The molecule has 0 unspecified atom stereocenters. The first kappa shape index (κ1) is 13.8. The van der Waals surface area contributed by atoms with Crippen molar-refractivity contribution in [3.63, 3.8) is 0 Å². The molecule has 2 aromatic rings. The van der Waals surface area contributed by atoms with Crippen molar-refractivity contribution in [2.75, 3.05) is 17.7 Å². The molecular formula is C14H20N4S. The molecule has 0 aliphatic rings. The van der Waals surface area contributed by atoms with Crippen LogP contribution in [0, 0.1) is 13.8 Å². The van der Waals surface area contributed by atoms with Crippen molar-refractivity contribution in [3.05, 3.63) is 33.3 Å². The fourth-order valence-corrected chi connectivity index (χ4v) is 2.78. The number of hydrogen-bond acceptors (Lipinski definition) is 5. The first-order chi connectivity index (χ1) is 9.12. The molecule has 0 bridgehead atoms. The molecule has 2 aromatic heterocycles. The van der Waals surface area contributed by atoms with E-state index in [0.717, 1.165) is 30.4 Å². The van der Waals surface area contributed by atoms with E-state index >= 15 is 0 Å². The second-order valence-electron chi connectivity index (χ2n) is 4.46. The van der Waals surface area contributed by atoms with Crippen LogP contribution in [0.2, 0.25) is 0 Å². The average Bonchev–Trinajstić information content (AvgIpc) is 2.75. The standard InChI is InChI=1S/C14H20N4S/c1-5-12-17-13(15-4)7-14(18-12)16-8-11-6-9(2)10(3)19-11/h6-7H,5,8H2,1-4H3,(H2,15,16,17,18). The third-order valence-electron chi connectivity index (χ3n) is 3.01. The number of aryl methyl sites for hydroxylation is 3.